The summed E-state index contributed by atoms with van der Waals surface area (Å²) in [4.78, 5) is 30.4. The number of amides is 2. The summed E-state index contributed by atoms with van der Waals surface area (Å²) in [6, 6.07) is 16.5. The Labute approximate surface area is 188 Å². The molecule has 2 aromatic heterocycles. The number of nitrogens with one attached hydrogen (secondary N) is 2. The minimum atomic E-state index is -0.311. The monoisotopic (exact) mass is 445 g/mol. The van der Waals surface area contributed by atoms with Crippen LogP contribution >= 0.6 is 11.3 Å². The van der Waals surface area contributed by atoms with Gasteiger partial charge in [-0.15, -0.1) is 11.3 Å². The van der Waals surface area contributed by atoms with Gasteiger partial charge in [-0.05, 0) is 48.7 Å². The van der Waals surface area contributed by atoms with Crippen molar-refractivity contribution in [3.05, 3.63) is 76.9 Å². The van der Waals surface area contributed by atoms with Crippen molar-refractivity contribution in [3.8, 4) is 11.5 Å². The Morgan fingerprint density at radius 1 is 0.938 bits per heavy atom. The first kappa shape index (κ1) is 20.0. The molecule has 0 radical (unpaired) electrons. The number of carbonyl (C=O) groups excluding carboxylic acids is 2. The Balaban J connectivity index is 1.33. The summed E-state index contributed by atoms with van der Waals surface area (Å²) < 4.78 is 12.1. The molecule has 1 aliphatic rings. The number of pyridine rings is 1. The van der Waals surface area contributed by atoms with Crippen molar-refractivity contribution in [3.63, 3.8) is 0 Å². The molecule has 0 atom stereocenters. The van der Waals surface area contributed by atoms with E-state index in [9.17, 15) is 9.59 Å². The number of thiophene rings is 1. The third-order valence-corrected chi connectivity index (χ3v) is 6.16. The molecule has 8 heteroatoms. The van der Waals surface area contributed by atoms with Crippen molar-refractivity contribution in [2.75, 3.05) is 23.8 Å². The van der Waals surface area contributed by atoms with Crippen LogP contribution in [0.1, 0.15) is 25.7 Å². The molecule has 0 saturated carbocycles. The van der Waals surface area contributed by atoms with Crippen LogP contribution in [0.3, 0.4) is 0 Å². The van der Waals surface area contributed by atoms with E-state index < -0.39 is 0 Å². The Hall–Kier alpha value is -3.91. The van der Waals surface area contributed by atoms with Gasteiger partial charge in [0.05, 0.1) is 28.1 Å². The lowest BCUT2D eigenvalue weighted by atomic mass is 10.1. The number of hydrogen-bond acceptors (Lipinski definition) is 6. The van der Waals surface area contributed by atoms with Crippen LogP contribution in [-0.2, 0) is 0 Å². The van der Waals surface area contributed by atoms with Crippen LogP contribution in [0.25, 0.3) is 10.1 Å². The van der Waals surface area contributed by atoms with Gasteiger partial charge < -0.3 is 20.1 Å². The van der Waals surface area contributed by atoms with E-state index in [0.717, 1.165) is 10.1 Å². The maximum Gasteiger partial charge on any atom is 0.265 e. The molecular weight excluding hydrogens is 426 g/mol. The number of anilines is 2. The number of nitrogens with zero attached hydrogens (tertiary/aromatic N) is 1. The molecule has 0 aliphatic carbocycles. The van der Waals surface area contributed by atoms with E-state index in [0.29, 0.717) is 52.2 Å². The summed E-state index contributed by atoms with van der Waals surface area (Å²) in [5, 5.41) is 6.75. The first-order valence-corrected chi connectivity index (χ1v) is 10.9. The zero-order valence-electron chi connectivity index (χ0n) is 17.2. The molecule has 2 N–H and O–H groups in total. The second kappa shape index (κ2) is 8.32. The lowest BCUT2D eigenvalue weighted by molar-refractivity contribution is 0.102. The largest absolute Gasteiger partial charge is 0.486 e. The van der Waals surface area contributed by atoms with Crippen molar-refractivity contribution in [2.45, 2.75) is 6.92 Å². The summed E-state index contributed by atoms with van der Waals surface area (Å²) in [5.74, 6) is 0.638. The van der Waals surface area contributed by atoms with Crippen LogP contribution in [0, 0.1) is 6.92 Å². The molecule has 1 aliphatic heterocycles. The predicted octanol–water partition coefficient (Wildman–Crippen LogP) is 4.88. The van der Waals surface area contributed by atoms with Crippen molar-refractivity contribution in [1.29, 1.82) is 0 Å². The van der Waals surface area contributed by atoms with Crippen LogP contribution in [-0.4, -0.2) is 30.0 Å². The summed E-state index contributed by atoms with van der Waals surface area (Å²) in [5.41, 5.74) is 2.09. The van der Waals surface area contributed by atoms with Crippen molar-refractivity contribution in [2.24, 2.45) is 0 Å². The fraction of sp³-hybridized carbons (Fsp3) is 0.125. The van der Waals surface area contributed by atoms with E-state index in [1.54, 1.807) is 37.4 Å². The number of aryl methyl sites for hydroxylation is 1. The van der Waals surface area contributed by atoms with Gasteiger partial charge >= 0.3 is 0 Å². The highest BCUT2D eigenvalue weighted by molar-refractivity contribution is 7.20. The first-order valence-electron chi connectivity index (χ1n) is 10.0. The molecule has 2 amide bonds. The fourth-order valence-corrected chi connectivity index (χ4v) is 4.35. The molecule has 160 valence electrons. The molecule has 3 heterocycles. The average Bonchev–Trinajstić information content (AvgIpc) is 3.25. The zero-order chi connectivity index (χ0) is 22.1. The van der Waals surface area contributed by atoms with Gasteiger partial charge in [0, 0.05) is 10.3 Å². The van der Waals surface area contributed by atoms with E-state index in [1.807, 2.05) is 30.3 Å². The summed E-state index contributed by atoms with van der Waals surface area (Å²) in [6.07, 6.45) is 1.56. The minimum Gasteiger partial charge on any atom is -0.486 e. The summed E-state index contributed by atoms with van der Waals surface area (Å²) >= 11 is 1.43. The normalized spacial score (nSPS) is 12.4. The first-order chi connectivity index (χ1) is 15.6. The van der Waals surface area contributed by atoms with E-state index in [4.69, 9.17) is 9.47 Å². The number of aromatic nitrogens is 1. The number of fused-ring (bicyclic) bond motifs is 2. The van der Waals surface area contributed by atoms with Gasteiger partial charge in [0.15, 0.2) is 11.5 Å². The van der Waals surface area contributed by atoms with Gasteiger partial charge in [-0.3, -0.25) is 14.6 Å². The predicted molar refractivity (Wildman–Crippen MR) is 124 cm³/mol. The minimum absolute atomic E-state index is 0.216. The smallest absolute Gasteiger partial charge is 0.265 e. The molecular formula is C24H19N3O4S. The quantitative estimate of drug-likeness (QED) is 0.467. The van der Waals surface area contributed by atoms with Crippen molar-refractivity contribution < 1.29 is 19.1 Å². The second-order valence-corrected chi connectivity index (χ2v) is 8.36. The van der Waals surface area contributed by atoms with E-state index >= 15 is 0 Å². The Bertz CT molecular complexity index is 1320. The number of rotatable bonds is 4. The van der Waals surface area contributed by atoms with Gasteiger partial charge in [0.25, 0.3) is 11.8 Å². The number of hydrogen-bond donors (Lipinski definition) is 2. The fourth-order valence-electron chi connectivity index (χ4n) is 3.39. The molecule has 0 saturated heterocycles. The second-order valence-electron chi connectivity index (χ2n) is 7.27. The summed E-state index contributed by atoms with van der Waals surface area (Å²) in [7, 11) is 0. The standard InChI is InChI=1S/C24H19N3O4S/c1-14-18(27-24(29)22-11-15-4-2-3-5-21(15)32-22)12-17(13-25-14)26-23(28)16-6-7-19-20(10-16)31-9-8-30-19/h2-7,10-13H,8-9H2,1H3,(H,26,28)(H,27,29). The highest BCUT2D eigenvalue weighted by Gasteiger charge is 2.16. The molecule has 32 heavy (non-hydrogen) atoms. The van der Waals surface area contributed by atoms with E-state index in [2.05, 4.69) is 15.6 Å². The van der Waals surface area contributed by atoms with E-state index in [1.165, 1.54) is 11.3 Å². The topological polar surface area (TPSA) is 89.6 Å². The van der Waals surface area contributed by atoms with Crippen LogP contribution in [0.15, 0.2) is 60.8 Å². The maximum absolute atomic E-state index is 12.8. The van der Waals surface area contributed by atoms with Gasteiger partial charge in [0.1, 0.15) is 13.2 Å². The highest BCUT2D eigenvalue weighted by atomic mass is 32.1. The molecule has 7 nitrogen and oxygen atoms in total. The summed E-state index contributed by atoms with van der Waals surface area (Å²) in [6.45, 7) is 2.74. The highest BCUT2D eigenvalue weighted by Crippen LogP contribution is 2.31. The third kappa shape index (κ3) is 4.00. The molecule has 0 unspecified atom stereocenters. The van der Waals surface area contributed by atoms with Gasteiger partial charge in [0.2, 0.25) is 0 Å². The van der Waals surface area contributed by atoms with Gasteiger partial charge in [-0.25, -0.2) is 0 Å². The Kier molecular flexibility index (Phi) is 5.20. The van der Waals surface area contributed by atoms with Crippen LogP contribution in [0.4, 0.5) is 11.4 Å². The number of ether oxygens (including phenoxy) is 2. The lowest BCUT2D eigenvalue weighted by Crippen LogP contribution is -2.17. The molecule has 4 aromatic rings. The maximum atomic E-state index is 12.8. The van der Waals surface area contributed by atoms with E-state index in [-0.39, 0.29) is 11.8 Å². The molecule has 0 fully saturated rings. The zero-order valence-corrected chi connectivity index (χ0v) is 18.0. The Morgan fingerprint density at radius 2 is 1.75 bits per heavy atom. The van der Waals surface area contributed by atoms with Crippen LogP contribution in [0.5, 0.6) is 11.5 Å². The Morgan fingerprint density at radius 3 is 2.59 bits per heavy atom. The van der Waals surface area contributed by atoms with Gasteiger partial charge in [-0.1, -0.05) is 18.2 Å². The van der Waals surface area contributed by atoms with Crippen molar-refractivity contribution >= 4 is 44.6 Å². The molecule has 2 aromatic carbocycles. The number of carbonyl (C=O) groups is 2. The molecule has 5 rings (SSSR count). The lowest BCUT2D eigenvalue weighted by Gasteiger charge is -2.18. The van der Waals surface area contributed by atoms with Crippen LogP contribution < -0.4 is 20.1 Å². The average molecular weight is 446 g/mol. The SMILES string of the molecule is Cc1ncc(NC(=O)c2ccc3c(c2)OCCO3)cc1NC(=O)c1cc2ccccc2s1. The van der Waals surface area contributed by atoms with Crippen molar-refractivity contribution in [1.82, 2.24) is 4.98 Å². The van der Waals surface area contributed by atoms with Gasteiger partial charge in [-0.2, -0.15) is 0 Å². The third-order valence-electron chi connectivity index (χ3n) is 5.05. The van der Waals surface area contributed by atoms with Crippen LogP contribution in [0.2, 0.25) is 0 Å². The molecule has 0 bridgehead atoms. The molecule has 0 spiro atoms. The number of benzene rings is 2.